The Morgan fingerprint density at radius 2 is 1.89 bits per heavy atom. The second kappa shape index (κ2) is 4.49. The van der Waals surface area contributed by atoms with Crippen molar-refractivity contribution in [2.75, 3.05) is 0 Å². The number of benzene rings is 1. The lowest BCUT2D eigenvalue weighted by Crippen LogP contribution is -2.34. The van der Waals surface area contributed by atoms with Crippen molar-refractivity contribution in [3.05, 3.63) is 67.8 Å². The molecule has 7 heteroatoms. The minimum atomic E-state index is -1.02. The normalized spacial score (nSPS) is 10.2. The third-order valence-corrected chi connectivity index (χ3v) is 2.45. The first-order valence-electron chi connectivity index (χ1n) is 5.14. The van der Waals surface area contributed by atoms with Crippen molar-refractivity contribution in [1.29, 1.82) is 0 Å². The highest BCUT2D eigenvalue weighted by Crippen LogP contribution is 2.23. The molecular weight excluding hydrogens is 256 g/mol. The molecule has 0 radical (unpaired) electrons. The Kier molecular flexibility index (Phi) is 3.00. The average Bonchev–Trinajstić information content (AvgIpc) is 2.31. The smallest absolute Gasteiger partial charge is 0.311 e. The third-order valence-electron chi connectivity index (χ3n) is 2.45. The van der Waals surface area contributed by atoms with Crippen LogP contribution >= 0.6 is 0 Å². The largest absolute Gasteiger partial charge is 0.333 e. The van der Waals surface area contributed by atoms with E-state index < -0.39 is 34.3 Å². The Bertz CT molecular complexity index is 784. The fourth-order valence-corrected chi connectivity index (χ4v) is 1.62. The van der Waals surface area contributed by atoms with Crippen molar-refractivity contribution < 1.29 is 8.78 Å². The van der Waals surface area contributed by atoms with Crippen LogP contribution in [-0.2, 0) is 0 Å². The van der Waals surface area contributed by atoms with Crippen molar-refractivity contribution in [3.8, 4) is 5.69 Å². The van der Waals surface area contributed by atoms with Crippen LogP contribution in [0.5, 0.6) is 0 Å². The van der Waals surface area contributed by atoms with E-state index in [1.165, 1.54) is 6.92 Å². The highest BCUT2D eigenvalue weighted by molar-refractivity contribution is 5.51. The molecule has 96 valence electrons. The fourth-order valence-electron chi connectivity index (χ4n) is 1.62. The first kappa shape index (κ1) is 12.7. The highest BCUT2D eigenvalue weighted by Gasteiger charge is 2.14. The SMILES string of the molecule is [C-]#[N+]c1cc(F)c(-n2c(=O)cc(C)[nH]c2=O)cc1F. The van der Waals surface area contributed by atoms with Gasteiger partial charge in [0, 0.05) is 11.8 Å². The molecule has 2 rings (SSSR count). The molecule has 0 saturated carbocycles. The number of hydrogen-bond acceptors (Lipinski definition) is 2. The summed E-state index contributed by atoms with van der Waals surface area (Å²) < 4.78 is 27.7. The molecule has 1 N–H and O–H groups in total. The summed E-state index contributed by atoms with van der Waals surface area (Å²) in [6.45, 7) is 8.14. The van der Waals surface area contributed by atoms with Gasteiger partial charge in [0.15, 0.2) is 0 Å². The second-order valence-electron chi connectivity index (χ2n) is 3.80. The van der Waals surface area contributed by atoms with Crippen LogP contribution in [-0.4, -0.2) is 9.55 Å². The van der Waals surface area contributed by atoms with Crippen molar-refractivity contribution in [2.45, 2.75) is 6.92 Å². The van der Waals surface area contributed by atoms with Crippen molar-refractivity contribution in [3.63, 3.8) is 0 Å². The van der Waals surface area contributed by atoms with Crippen molar-refractivity contribution in [2.24, 2.45) is 0 Å². The van der Waals surface area contributed by atoms with Crippen LogP contribution in [0.4, 0.5) is 14.5 Å². The van der Waals surface area contributed by atoms with Crippen molar-refractivity contribution >= 4 is 5.69 Å². The van der Waals surface area contributed by atoms with Gasteiger partial charge in [-0.2, -0.15) is 0 Å². The van der Waals surface area contributed by atoms with Gasteiger partial charge in [0.25, 0.3) is 5.56 Å². The molecule has 0 bridgehead atoms. The Morgan fingerprint density at radius 1 is 1.21 bits per heavy atom. The van der Waals surface area contributed by atoms with E-state index in [4.69, 9.17) is 6.57 Å². The summed E-state index contributed by atoms with van der Waals surface area (Å²) in [5.41, 5.74) is -2.40. The molecule has 19 heavy (non-hydrogen) atoms. The number of H-pyrrole nitrogens is 1. The van der Waals surface area contributed by atoms with Crippen LogP contribution in [0, 0.1) is 25.1 Å². The number of nitrogens with one attached hydrogen (secondary N) is 1. The zero-order valence-electron chi connectivity index (χ0n) is 9.70. The monoisotopic (exact) mass is 263 g/mol. The van der Waals surface area contributed by atoms with Gasteiger partial charge in [-0.15, -0.1) is 0 Å². The summed E-state index contributed by atoms with van der Waals surface area (Å²) in [6.07, 6.45) is 0. The van der Waals surface area contributed by atoms with E-state index in [2.05, 4.69) is 9.83 Å². The molecule has 1 aromatic carbocycles. The number of aromatic nitrogens is 2. The molecule has 0 saturated heterocycles. The van der Waals surface area contributed by atoms with Crippen LogP contribution in [0.2, 0.25) is 0 Å². The lowest BCUT2D eigenvalue weighted by molar-refractivity contribution is 0.592. The predicted molar refractivity (Wildman–Crippen MR) is 63.6 cm³/mol. The molecular formula is C12H7F2N3O2. The quantitative estimate of drug-likeness (QED) is 0.795. The zero-order valence-corrected chi connectivity index (χ0v) is 9.70. The van der Waals surface area contributed by atoms with Crippen LogP contribution in [0.3, 0.4) is 0 Å². The van der Waals surface area contributed by atoms with Gasteiger partial charge in [-0.25, -0.2) is 23.0 Å². The molecule has 2 aromatic rings. The summed E-state index contributed by atoms with van der Waals surface area (Å²) in [5, 5.41) is 0. The van der Waals surface area contributed by atoms with Crippen LogP contribution in [0.25, 0.3) is 10.5 Å². The van der Waals surface area contributed by atoms with Gasteiger partial charge in [-0.3, -0.25) is 4.79 Å². The van der Waals surface area contributed by atoms with Gasteiger partial charge in [0.2, 0.25) is 5.69 Å². The average molecular weight is 263 g/mol. The Hall–Kier alpha value is -2.75. The lowest BCUT2D eigenvalue weighted by atomic mass is 10.2. The molecule has 0 atom stereocenters. The molecule has 0 aliphatic rings. The Balaban J connectivity index is 2.82. The Morgan fingerprint density at radius 3 is 2.47 bits per heavy atom. The summed E-state index contributed by atoms with van der Waals surface area (Å²) in [4.78, 5) is 28.4. The summed E-state index contributed by atoms with van der Waals surface area (Å²) in [6, 6.07) is 2.37. The lowest BCUT2D eigenvalue weighted by Gasteiger charge is -2.07. The summed E-state index contributed by atoms with van der Waals surface area (Å²) in [7, 11) is 0. The minimum Gasteiger partial charge on any atom is -0.311 e. The molecule has 5 nitrogen and oxygen atoms in total. The highest BCUT2D eigenvalue weighted by atomic mass is 19.1. The molecule has 0 aliphatic heterocycles. The number of aryl methyl sites for hydroxylation is 1. The van der Waals surface area contributed by atoms with E-state index in [1.54, 1.807) is 0 Å². The van der Waals surface area contributed by atoms with Gasteiger partial charge < -0.3 is 4.98 Å². The van der Waals surface area contributed by atoms with Gasteiger partial charge in [0.05, 0.1) is 12.3 Å². The van der Waals surface area contributed by atoms with E-state index >= 15 is 0 Å². The van der Waals surface area contributed by atoms with E-state index in [1.807, 2.05) is 0 Å². The minimum absolute atomic E-state index is 0.310. The number of halogens is 2. The van der Waals surface area contributed by atoms with Gasteiger partial charge >= 0.3 is 5.69 Å². The molecule has 0 amide bonds. The third kappa shape index (κ3) is 2.15. The van der Waals surface area contributed by atoms with E-state index in [0.717, 1.165) is 6.07 Å². The standard InChI is InChI=1S/C12H7F2N3O2/c1-6-3-11(18)17(12(19)16-6)10-5-7(13)9(15-2)4-8(10)14/h3-5H,1H3,(H,16,19). The van der Waals surface area contributed by atoms with E-state index in [0.29, 0.717) is 22.4 Å². The predicted octanol–water partition coefficient (Wildman–Crippen LogP) is 1.66. The fraction of sp³-hybridized carbons (Fsp3) is 0.0833. The van der Waals surface area contributed by atoms with Gasteiger partial charge in [-0.05, 0) is 19.1 Å². The topological polar surface area (TPSA) is 59.2 Å². The molecule has 0 fully saturated rings. The van der Waals surface area contributed by atoms with E-state index in [9.17, 15) is 18.4 Å². The maximum Gasteiger partial charge on any atom is 0.333 e. The molecule has 0 aliphatic carbocycles. The second-order valence-corrected chi connectivity index (χ2v) is 3.80. The number of rotatable bonds is 1. The van der Waals surface area contributed by atoms with Crippen LogP contribution in [0.15, 0.2) is 27.8 Å². The molecule has 0 spiro atoms. The molecule has 1 aromatic heterocycles. The van der Waals surface area contributed by atoms with Gasteiger partial charge in [0.1, 0.15) is 11.6 Å². The maximum absolute atomic E-state index is 13.7. The van der Waals surface area contributed by atoms with E-state index in [-0.39, 0.29) is 0 Å². The van der Waals surface area contributed by atoms with Crippen LogP contribution in [0.1, 0.15) is 5.69 Å². The summed E-state index contributed by atoms with van der Waals surface area (Å²) in [5.74, 6) is -2.03. The van der Waals surface area contributed by atoms with Crippen molar-refractivity contribution in [1.82, 2.24) is 9.55 Å². The zero-order chi connectivity index (χ0) is 14.2. The first-order chi connectivity index (χ1) is 8.93. The number of nitrogens with zero attached hydrogens (tertiary/aromatic N) is 2. The Labute approximate surface area is 105 Å². The number of aromatic amines is 1. The molecule has 1 heterocycles. The summed E-state index contributed by atoms with van der Waals surface area (Å²) >= 11 is 0. The van der Waals surface area contributed by atoms with Crippen LogP contribution < -0.4 is 11.2 Å². The number of hydrogen-bond donors (Lipinski definition) is 1. The molecule has 0 unspecified atom stereocenters. The first-order valence-corrected chi connectivity index (χ1v) is 5.14. The van der Waals surface area contributed by atoms with Gasteiger partial charge in [-0.1, -0.05) is 0 Å². The maximum atomic E-state index is 13.7.